The van der Waals surface area contributed by atoms with Gasteiger partial charge in [0.05, 0.1) is 41.3 Å². The number of H-pyrrole nitrogens is 1. The normalized spacial score (nSPS) is 21.2. The van der Waals surface area contributed by atoms with Crippen LogP contribution in [-0.2, 0) is 4.74 Å². The second kappa shape index (κ2) is 6.40. The lowest BCUT2D eigenvalue weighted by atomic mass is 10.0. The third-order valence-corrected chi connectivity index (χ3v) is 5.42. The van der Waals surface area contributed by atoms with E-state index in [0.717, 1.165) is 5.52 Å². The molecular weight excluding hydrogens is 385 g/mol. The van der Waals surface area contributed by atoms with Gasteiger partial charge in [0, 0.05) is 13.0 Å². The van der Waals surface area contributed by atoms with Crippen LogP contribution in [0.5, 0.6) is 0 Å². The Morgan fingerprint density at radius 1 is 1.21 bits per heavy atom. The Morgan fingerprint density at radius 2 is 2.07 bits per heavy atom. The van der Waals surface area contributed by atoms with Crippen LogP contribution in [0.2, 0.25) is 0 Å². The summed E-state index contributed by atoms with van der Waals surface area (Å²) in [6.07, 6.45) is 0.737. The van der Waals surface area contributed by atoms with E-state index in [0.29, 0.717) is 16.8 Å². The van der Waals surface area contributed by atoms with Crippen LogP contribution in [0, 0.1) is 5.82 Å². The number of hydrogen-bond donors (Lipinski definition) is 1. The number of fused-ring (bicyclic) bond motifs is 1. The molecule has 1 atom stereocenters. The van der Waals surface area contributed by atoms with Gasteiger partial charge in [0.15, 0.2) is 0 Å². The van der Waals surface area contributed by atoms with Gasteiger partial charge in [-0.1, -0.05) is 6.07 Å². The lowest BCUT2D eigenvalue weighted by molar-refractivity contribution is 0.0257. The first kappa shape index (κ1) is 17.8. The summed E-state index contributed by atoms with van der Waals surface area (Å²) in [5.74, 6) is -3.40. The standard InChI is InChI=1S/C20H17F3N4O2/c21-14-7-12(1-4-17(14)26-6-5-20(22,23)10-26)18-9-29-19(28)27(18)13-2-3-15-16(8-13)25-11-24-15/h1-4,7-8,11,18H,5-6,9-10H2,(H,24,25). The van der Waals surface area contributed by atoms with Crippen LogP contribution in [0.15, 0.2) is 42.7 Å². The molecule has 3 heterocycles. The van der Waals surface area contributed by atoms with Crippen molar-refractivity contribution in [2.75, 3.05) is 29.5 Å². The Morgan fingerprint density at radius 3 is 2.83 bits per heavy atom. The Bertz CT molecular complexity index is 1100. The van der Waals surface area contributed by atoms with E-state index in [1.54, 1.807) is 30.6 Å². The van der Waals surface area contributed by atoms with Crippen molar-refractivity contribution >= 4 is 28.5 Å². The molecule has 9 heteroatoms. The zero-order valence-corrected chi connectivity index (χ0v) is 15.2. The number of hydrogen-bond acceptors (Lipinski definition) is 4. The number of carbonyl (C=O) groups is 1. The van der Waals surface area contributed by atoms with Gasteiger partial charge in [-0.25, -0.2) is 22.9 Å². The number of nitrogens with one attached hydrogen (secondary N) is 1. The molecule has 0 aliphatic carbocycles. The van der Waals surface area contributed by atoms with E-state index in [2.05, 4.69) is 9.97 Å². The molecule has 0 radical (unpaired) electrons. The summed E-state index contributed by atoms with van der Waals surface area (Å²) >= 11 is 0. The van der Waals surface area contributed by atoms with Crippen LogP contribution in [0.1, 0.15) is 18.0 Å². The zero-order chi connectivity index (χ0) is 20.2. The van der Waals surface area contributed by atoms with E-state index < -0.39 is 30.4 Å². The average molecular weight is 402 g/mol. The largest absolute Gasteiger partial charge is 0.447 e. The molecule has 1 N–H and O–H groups in total. The summed E-state index contributed by atoms with van der Waals surface area (Å²) < 4.78 is 46.9. The predicted octanol–water partition coefficient (Wildman–Crippen LogP) is 4.25. The number of imidazole rings is 1. The molecule has 2 aromatic carbocycles. The SMILES string of the molecule is O=C1OCC(c2ccc(N3CCC(F)(F)C3)c(F)c2)N1c1ccc2[nH]cnc2c1. The van der Waals surface area contributed by atoms with E-state index in [9.17, 15) is 18.0 Å². The molecule has 6 nitrogen and oxygen atoms in total. The monoisotopic (exact) mass is 402 g/mol. The van der Waals surface area contributed by atoms with Gasteiger partial charge in [-0.05, 0) is 35.9 Å². The summed E-state index contributed by atoms with van der Waals surface area (Å²) in [6, 6.07) is 9.23. The highest BCUT2D eigenvalue weighted by Crippen LogP contribution is 2.37. The van der Waals surface area contributed by atoms with Gasteiger partial charge in [0.25, 0.3) is 5.92 Å². The predicted molar refractivity (Wildman–Crippen MR) is 101 cm³/mol. The van der Waals surface area contributed by atoms with Gasteiger partial charge in [-0.3, -0.25) is 4.90 Å². The molecule has 0 bridgehead atoms. The van der Waals surface area contributed by atoms with Gasteiger partial charge in [0.2, 0.25) is 0 Å². The van der Waals surface area contributed by atoms with Crippen LogP contribution in [-0.4, -0.2) is 41.7 Å². The fourth-order valence-electron chi connectivity index (χ4n) is 3.95. The maximum atomic E-state index is 14.8. The molecule has 2 aliphatic rings. The number of cyclic esters (lactones) is 1. The van der Waals surface area contributed by atoms with Gasteiger partial charge in [-0.15, -0.1) is 0 Å². The number of benzene rings is 2. The number of aromatic nitrogens is 2. The maximum absolute atomic E-state index is 14.8. The van der Waals surface area contributed by atoms with Crippen LogP contribution in [0.4, 0.5) is 29.3 Å². The highest BCUT2D eigenvalue weighted by molar-refractivity contribution is 5.93. The smallest absolute Gasteiger partial charge is 0.415 e. The minimum atomic E-state index is -2.81. The van der Waals surface area contributed by atoms with E-state index in [1.165, 1.54) is 21.9 Å². The highest BCUT2D eigenvalue weighted by atomic mass is 19.3. The van der Waals surface area contributed by atoms with E-state index in [4.69, 9.17) is 4.74 Å². The summed E-state index contributed by atoms with van der Waals surface area (Å²) in [4.78, 5) is 22.3. The topological polar surface area (TPSA) is 61.5 Å². The fraction of sp³-hybridized carbons (Fsp3) is 0.300. The molecule has 1 aromatic heterocycles. The number of amides is 1. The number of anilines is 2. The van der Waals surface area contributed by atoms with Crippen molar-refractivity contribution in [3.63, 3.8) is 0 Å². The van der Waals surface area contributed by atoms with Crippen LogP contribution < -0.4 is 9.80 Å². The second-order valence-corrected chi connectivity index (χ2v) is 7.31. The second-order valence-electron chi connectivity index (χ2n) is 7.31. The van der Waals surface area contributed by atoms with Gasteiger partial charge in [-0.2, -0.15) is 0 Å². The highest BCUT2D eigenvalue weighted by Gasteiger charge is 2.40. The lowest BCUT2D eigenvalue weighted by Gasteiger charge is -2.24. The van der Waals surface area contributed by atoms with Crippen LogP contribution in [0.25, 0.3) is 11.0 Å². The van der Waals surface area contributed by atoms with Crippen molar-refractivity contribution in [2.24, 2.45) is 0 Å². The maximum Gasteiger partial charge on any atom is 0.415 e. The van der Waals surface area contributed by atoms with Crippen molar-refractivity contribution < 1.29 is 22.7 Å². The molecule has 1 amide bonds. The Labute approximate surface area is 163 Å². The summed E-state index contributed by atoms with van der Waals surface area (Å²) in [5.41, 5.74) is 2.78. The molecular formula is C20H17F3N4O2. The number of carbonyl (C=O) groups excluding carboxylic acids is 1. The molecule has 150 valence electrons. The first-order valence-electron chi connectivity index (χ1n) is 9.23. The third kappa shape index (κ3) is 3.06. The Hall–Kier alpha value is -3.23. The lowest BCUT2D eigenvalue weighted by Crippen LogP contribution is -2.28. The quantitative estimate of drug-likeness (QED) is 0.712. The molecule has 2 saturated heterocycles. The first-order chi connectivity index (χ1) is 13.9. The number of aromatic amines is 1. The van der Waals surface area contributed by atoms with E-state index in [-0.39, 0.29) is 25.3 Å². The van der Waals surface area contributed by atoms with Crippen molar-refractivity contribution in [2.45, 2.75) is 18.4 Å². The molecule has 3 aromatic rings. The van der Waals surface area contributed by atoms with Gasteiger partial charge >= 0.3 is 6.09 Å². The number of rotatable bonds is 3. The average Bonchev–Trinajstić information content (AvgIpc) is 3.39. The van der Waals surface area contributed by atoms with Crippen molar-refractivity contribution in [3.8, 4) is 0 Å². The summed E-state index contributed by atoms with van der Waals surface area (Å²) in [5, 5.41) is 0. The number of nitrogens with zero attached hydrogens (tertiary/aromatic N) is 3. The zero-order valence-electron chi connectivity index (χ0n) is 15.2. The number of alkyl halides is 2. The van der Waals surface area contributed by atoms with Crippen molar-refractivity contribution in [3.05, 3.63) is 54.1 Å². The molecule has 5 rings (SSSR count). The summed E-state index contributed by atoms with van der Waals surface area (Å²) in [6.45, 7) is -0.327. The Balaban J connectivity index is 1.46. The molecule has 1 unspecified atom stereocenters. The molecule has 0 spiro atoms. The Kier molecular flexibility index (Phi) is 3.94. The molecule has 0 saturated carbocycles. The summed E-state index contributed by atoms with van der Waals surface area (Å²) in [7, 11) is 0. The first-order valence-corrected chi connectivity index (χ1v) is 9.23. The van der Waals surface area contributed by atoms with Gasteiger partial charge < -0.3 is 14.6 Å². The third-order valence-electron chi connectivity index (χ3n) is 5.42. The van der Waals surface area contributed by atoms with Crippen LogP contribution >= 0.6 is 0 Å². The van der Waals surface area contributed by atoms with E-state index >= 15 is 0 Å². The molecule has 2 aliphatic heterocycles. The van der Waals surface area contributed by atoms with E-state index in [1.807, 2.05) is 0 Å². The fourth-order valence-corrected chi connectivity index (χ4v) is 3.95. The minimum Gasteiger partial charge on any atom is -0.447 e. The minimum absolute atomic E-state index is 0.0675. The van der Waals surface area contributed by atoms with Crippen LogP contribution in [0.3, 0.4) is 0 Å². The molecule has 29 heavy (non-hydrogen) atoms. The van der Waals surface area contributed by atoms with Crippen molar-refractivity contribution in [1.29, 1.82) is 0 Å². The van der Waals surface area contributed by atoms with Crippen molar-refractivity contribution in [1.82, 2.24) is 9.97 Å². The number of ether oxygens (including phenoxy) is 1. The molecule has 2 fully saturated rings. The number of halogens is 3. The van der Waals surface area contributed by atoms with Gasteiger partial charge in [0.1, 0.15) is 12.4 Å².